The van der Waals surface area contributed by atoms with Gasteiger partial charge in [0.25, 0.3) is 5.91 Å². The Labute approximate surface area is 136 Å². The molecule has 6 heteroatoms. The number of aryl methyl sites for hydroxylation is 1. The van der Waals surface area contributed by atoms with Crippen molar-refractivity contribution in [1.82, 2.24) is 9.88 Å². The van der Waals surface area contributed by atoms with Crippen LogP contribution >= 0.6 is 0 Å². The number of carbonyl (C=O) groups is 1. The van der Waals surface area contributed by atoms with E-state index in [2.05, 4.69) is 4.98 Å². The first-order chi connectivity index (χ1) is 10.8. The molecule has 1 aliphatic heterocycles. The van der Waals surface area contributed by atoms with Crippen molar-refractivity contribution in [2.45, 2.75) is 32.1 Å². The maximum Gasteiger partial charge on any atom is 0.256 e. The van der Waals surface area contributed by atoms with Crippen LogP contribution in [0.1, 0.15) is 29.9 Å². The van der Waals surface area contributed by atoms with E-state index in [0.29, 0.717) is 11.1 Å². The van der Waals surface area contributed by atoms with Gasteiger partial charge in [-0.05, 0) is 32.9 Å². The fourth-order valence-corrected chi connectivity index (χ4v) is 4.60. The Morgan fingerprint density at radius 3 is 2.70 bits per heavy atom. The number of carbonyl (C=O) groups excluding carboxylic acids is 1. The number of pyridine rings is 1. The van der Waals surface area contributed by atoms with E-state index in [-0.39, 0.29) is 24.2 Å². The van der Waals surface area contributed by atoms with Crippen LogP contribution in [-0.2, 0) is 9.84 Å². The summed E-state index contributed by atoms with van der Waals surface area (Å²) < 4.78 is 24.0. The van der Waals surface area contributed by atoms with Gasteiger partial charge in [0.1, 0.15) is 0 Å². The van der Waals surface area contributed by atoms with Gasteiger partial charge in [-0.2, -0.15) is 0 Å². The van der Waals surface area contributed by atoms with E-state index >= 15 is 0 Å². The molecule has 1 aliphatic rings. The molecular weight excluding hydrogens is 312 g/mol. The third-order valence-corrected chi connectivity index (χ3v) is 6.98. The molecule has 23 heavy (non-hydrogen) atoms. The molecule has 2 aromatic rings. The summed E-state index contributed by atoms with van der Waals surface area (Å²) in [5.41, 5.74) is 2.05. The van der Waals surface area contributed by atoms with Crippen LogP contribution in [0.25, 0.3) is 10.9 Å². The first kappa shape index (κ1) is 15.9. The minimum Gasteiger partial charge on any atom is -0.334 e. The number of fused-ring (bicyclic) bond motifs is 1. The van der Waals surface area contributed by atoms with Gasteiger partial charge >= 0.3 is 0 Å². The second kappa shape index (κ2) is 5.60. The third-order valence-electron chi connectivity index (χ3n) is 4.70. The van der Waals surface area contributed by atoms with E-state index in [4.69, 9.17) is 0 Å². The average Bonchev–Trinajstić information content (AvgIpc) is 2.51. The molecule has 5 nitrogen and oxygen atoms in total. The van der Waals surface area contributed by atoms with Crippen molar-refractivity contribution in [2.75, 3.05) is 12.3 Å². The predicted octanol–water partition coefficient (Wildman–Crippen LogP) is 2.19. The molecule has 0 spiro atoms. The molecule has 2 unspecified atom stereocenters. The molecule has 2 atom stereocenters. The van der Waals surface area contributed by atoms with Gasteiger partial charge in [-0.1, -0.05) is 18.2 Å². The lowest BCUT2D eigenvalue weighted by Crippen LogP contribution is -2.54. The zero-order valence-corrected chi connectivity index (χ0v) is 14.3. The van der Waals surface area contributed by atoms with E-state index in [1.54, 1.807) is 24.8 Å². The van der Waals surface area contributed by atoms with Crippen molar-refractivity contribution in [2.24, 2.45) is 0 Å². The third kappa shape index (κ3) is 2.72. The topological polar surface area (TPSA) is 67.3 Å². The molecule has 1 saturated heterocycles. The van der Waals surface area contributed by atoms with E-state index in [1.807, 2.05) is 31.2 Å². The van der Waals surface area contributed by atoms with E-state index in [1.165, 1.54) is 0 Å². The zero-order valence-electron chi connectivity index (χ0n) is 13.5. The van der Waals surface area contributed by atoms with Crippen LogP contribution < -0.4 is 0 Å². The number of benzene rings is 1. The standard InChI is InChI=1S/C17H20N2O3S/c1-11-7-8-14-5-4-6-15(16(14)18-11)17(20)19-9-10-23(21,22)13(3)12(19)2/h4-8,12-13H,9-10H2,1-3H3. The lowest BCUT2D eigenvalue weighted by atomic mass is 10.1. The lowest BCUT2D eigenvalue weighted by molar-refractivity contribution is 0.0695. The molecule has 0 bridgehead atoms. The van der Waals surface area contributed by atoms with Crippen molar-refractivity contribution >= 4 is 26.6 Å². The summed E-state index contributed by atoms with van der Waals surface area (Å²) in [6.07, 6.45) is 0. The molecule has 0 saturated carbocycles. The fraction of sp³-hybridized carbons (Fsp3) is 0.412. The molecule has 1 fully saturated rings. The van der Waals surface area contributed by atoms with E-state index in [0.717, 1.165) is 11.1 Å². The van der Waals surface area contributed by atoms with Crippen molar-refractivity contribution in [3.05, 3.63) is 41.6 Å². The van der Waals surface area contributed by atoms with Crippen LogP contribution in [-0.4, -0.2) is 47.8 Å². The quantitative estimate of drug-likeness (QED) is 0.803. The van der Waals surface area contributed by atoms with Crippen LogP contribution in [0.5, 0.6) is 0 Å². The highest BCUT2D eigenvalue weighted by atomic mass is 32.2. The Balaban J connectivity index is 2.03. The number of para-hydroxylation sites is 1. The smallest absolute Gasteiger partial charge is 0.256 e. The van der Waals surface area contributed by atoms with Gasteiger partial charge in [0.2, 0.25) is 0 Å². The molecule has 3 rings (SSSR count). The van der Waals surface area contributed by atoms with Gasteiger partial charge in [0.05, 0.1) is 22.1 Å². The van der Waals surface area contributed by atoms with Gasteiger partial charge in [-0.25, -0.2) is 8.42 Å². The maximum absolute atomic E-state index is 13.0. The lowest BCUT2D eigenvalue weighted by Gasteiger charge is -2.37. The minimum absolute atomic E-state index is 0.0153. The summed E-state index contributed by atoms with van der Waals surface area (Å²) in [7, 11) is -3.12. The van der Waals surface area contributed by atoms with Gasteiger partial charge < -0.3 is 4.90 Å². The summed E-state index contributed by atoms with van der Waals surface area (Å²) >= 11 is 0. The number of hydrogen-bond donors (Lipinski definition) is 0. The summed E-state index contributed by atoms with van der Waals surface area (Å²) in [5.74, 6) is -0.135. The molecular formula is C17H20N2O3S. The molecule has 1 amide bonds. The van der Waals surface area contributed by atoms with Gasteiger partial charge in [0.15, 0.2) is 9.84 Å². The molecule has 2 heterocycles. The number of aromatic nitrogens is 1. The van der Waals surface area contributed by atoms with Crippen LogP contribution in [0.4, 0.5) is 0 Å². The molecule has 0 radical (unpaired) electrons. The summed E-state index contributed by atoms with van der Waals surface area (Å²) in [5, 5.41) is 0.358. The SMILES string of the molecule is Cc1ccc2cccc(C(=O)N3CCS(=O)(=O)C(C)C3C)c2n1. The highest BCUT2D eigenvalue weighted by molar-refractivity contribution is 7.92. The Bertz CT molecular complexity index is 877. The number of nitrogens with zero attached hydrogens (tertiary/aromatic N) is 2. The van der Waals surface area contributed by atoms with Crippen molar-refractivity contribution < 1.29 is 13.2 Å². The molecule has 122 valence electrons. The largest absolute Gasteiger partial charge is 0.334 e. The predicted molar refractivity (Wildman–Crippen MR) is 90.2 cm³/mol. The van der Waals surface area contributed by atoms with E-state index in [9.17, 15) is 13.2 Å². The summed E-state index contributed by atoms with van der Waals surface area (Å²) in [6, 6.07) is 9.03. The highest BCUT2D eigenvalue weighted by Gasteiger charge is 2.38. The van der Waals surface area contributed by atoms with Crippen LogP contribution in [0.15, 0.2) is 30.3 Å². The normalized spacial score (nSPS) is 23.9. The highest BCUT2D eigenvalue weighted by Crippen LogP contribution is 2.24. The van der Waals surface area contributed by atoms with Gasteiger partial charge in [-0.3, -0.25) is 9.78 Å². The fourth-order valence-electron chi connectivity index (χ4n) is 3.03. The Morgan fingerprint density at radius 1 is 1.22 bits per heavy atom. The molecule has 1 aromatic heterocycles. The molecule has 0 aliphatic carbocycles. The minimum atomic E-state index is -3.12. The van der Waals surface area contributed by atoms with Crippen LogP contribution in [0.3, 0.4) is 0 Å². The summed E-state index contributed by atoms with van der Waals surface area (Å²) in [6.45, 7) is 5.59. The summed E-state index contributed by atoms with van der Waals surface area (Å²) in [4.78, 5) is 19.1. The average molecular weight is 332 g/mol. The van der Waals surface area contributed by atoms with Crippen molar-refractivity contribution in [1.29, 1.82) is 0 Å². The number of sulfone groups is 1. The molecule has 1 aromatic carbocycles. The monoisotopic (exact) mass is 332 g/mol. The van der Waals surface area contributed by atoms with E-state index < -0.39 is 15.1 Å². The number of amides is 1. The Kier molecular flexibility index (Phi) is 3.88. The van der Waals surface area contributed by atoms with Gasteiger partial charge in [-0.15, -0.1) is 0 Å². The zero-order chi connectivity index (χ0) is 16.8. The Morgan fingerprint density at radius 2 is 1.96 bits per heavy atom. The van der Waals surface area contributed by atoms with Crippen molar-refractivity contribution in [3.63, 3.8) is 0 Å². The number of hydrogen-bond acceptors (Lipinski definition) is 4. The van der Waals surface area contributed by atoms with Gasteiger partial charge in [0, 0.05) is 23.7 Å². The number of rotatable bonds is 1. The Hall–Kier alpha value is -1.95. The first-order valence-electron chi connectivity index (χ1n) is 7.70. The second-order valence-corrected chi connectivity index (χ2v) is 8.62. The first-order valence-corrected chi connectivity index (χ1v) is 9.42. The molecule has 0 N–H and O–H groups in total. The van der Waals surface area contributed by atoms with Crippen LogP contribution in [0, 0.1) is 6.92 Å². The second-order valence-electron chi connectivity index (χ2n) is 6.14. The van der Waals surface area contributed by atoms with Crippen LogP contribution in [0.2, 0.25) is 0 Å². The maximum atomic E-state index is 13.0. The van der Waals surface area contributed by atoms with Crippen molar-refractivity contribution in [3.8, 4) is 0 Å².